The fourth-order valence-corrected chi connectivity index (χ4v) is 3.94. The van der Waals surface area contributed by atoms with Crippen molar-refractivity contribution in [2.45, 2.75) is 31.4 Å². The molecule has 0 aromatic carbocycles. The highest BCUT2D eigenvalue weighted by atomic mass is 32.1. The second-order valence-electron chi connectivity index (χ2n) is 6.09. The van der Waals surface area contributed by atoms with E-state index in [4.69, 9.17) is 4.74 Å². The van der Waals surface area contributed by atoms with Crippen molar-refractivity contribution < 1.29 is 9.53 Å². The molecule has 0 bridgehead atoms. The van der Waals surface area contributed by atoms with Crippen molar-refractivity contribution in [1.82, 2.24) is 14.7 Å². The average Bonchev–Trinajstić information content (AvgIpc) is 3.28. The van der Waals surface area contributed by atoms with Crippen molar-refractivity contribution in [1.29, 1.82) is 0 Å². The second kappa shape index (κ2) is 7.77. The molecule has 2 aromatic heterocycles. The highest BCUT2D eigenvalue weighted by molar-refractivity contribution is 7.10. The smallest absolute Gasteiger partial charge is 0.228 e. The molecule has 0 radical (unpaired) electrons. The lowest BCUT2D eigenvalue weighted by Crippen LogP contribution is -2.42. The summed E-state index contributed by atoms with van der Waals surface area (Å²) in [4.78, 5) is 15.9. The van der Waals surface area contributed by atoms with E-state index in [0.717, 1.165) is 29.8 Å². The number of hydrogen-bond acceptors (Lipinski definition) is 4. The third kappa shape index (κ3) is 3.94. The van der Waals surface area contributed by atoms with Gasteiger partial charge in [-0.05, 0) is 29.9 Å². The molecule has 0 unspecified atom stereocenters. The third-order valence-electron chi connectivity index (χ3n) is 4.34. The minimum atomic E-state index is 0.0514. The van der Waals surface area contributed by atoms with Gasteiger partial charge >= 0.3 is 0 Å². The van der Waals surface area contributed by atoms with Crippen LogP contribution in [-0.4, -0.2) is 45.9 Å². The highest BCUT2D eigenvalue weighted by Gasteiger charge is 2.37. The highest BCUT2D eigenvalue weighted by Crippen LogP contribution is 2.26. The first-order valence-electron chi connectivity index (χ1n) is 8.19. The van der Waals surface area contributed by atoms with Gasteiger partial charge in [0.15, 0.2) is 0 Å². The fraction of sp³-hybridized carbons (Fsp3) is 0.444. The largest absolute Gasteiger partial charge is 0.372 e. The summed E-state index contributed by atoms with van der Waals surface area (Å²) in [5, 5.41) is 6.24. The van der Waals surface area contributed by atoms with E-state index in [1.807, 2.05) is 41.9 Å². The van der Waals surface area contributed by atoms with E-state index in [-0.39, 0.29) is 18.1 Å². The van der Waals surface area contributed by atoms with Crippen LogP contribution < -0.4 is 0 Å². The molecule has 1 amide bonds. The van der Waals surface area contributed by atoms with Crippen molar-refractivity contribution in [2.75, 3.05) is 13.2 Å². The molecular weight excluding hydrogens is 322 g/mol. The Morgan fingerprint density at radius 1 is 1.58 bits per heavy atom. The monoisotopic (exact) mass is 345 g/mol. The van der Waals surface area contributed by atoms with Gasteiger partial charge in [0.2, 0.25) is 5.91 Å². The van der Waals surface area contributed by atoms with Crippen molar-refractivity contribution >= 4 is 17.2 Å². The summed E-state index contributed by atoms with van der Waals surface area (Å²) in [6, 6.07) is 4.06. The van der Waals surface area contributed by atoms with E-state index in [0.29, 0.717) is 13.0 Å². The van der Waals surface area contributed by atoms with Crippen LogP contribution in [0.5, 0.6) is 0 Å². The molecule has 1 aliphatic rings. The molecule has 1 fully saturated rings. The quantitative estimate of drug-likeness (QED) is 0.724. The molecule has 2 aromatic rings. The maximum atomic E-state index is 12.8. The van der Waals surface area contributed by atoms with Gasteiger partial charge in [-0.15, -0.1) is 17.9 Å². The van der Waals surface area contributed by atoms with Crippen LogP contribution in [0, 0.1) is 0 Å². The van der Waals surface area contributed by atoms with E-state index in [9.17, 15) is 4.79 Å². The second-order valence-corrected chi connectivity index (χ2v) is 7.12. The molecule has 0 spiro atoms. The molecule has 1 aliphatic heterocycles. The average molecular weight is 345 g/mol. The summed E-state index contributed by atoms with van der Waals surface area (Å²) >= 11 is 1.63. The zero-order chi connectivity index (χ0) is 16.9. The van der Waals surface area contributed by atoms with Crippen LogP contribution >= 0.6 is 11.3 Å². The van der Waals surface area contributed by atoms with Gasteiger partial charge in [0.25, 0.3) is 0 Å². The Balaban J connectivity index is 1.72. The number of amides is 1. The molecule has 0 saturated carbocycles. The van der Waals surface area contributed by atoms with Gasteiger partial charge in [-0.25, -0.2) is 0 Å². The Morgan fingerprint density at radius 3 is 3.12 bits per heavy atom. The summed E-state index contributed by atoms with van der Waals surface area (Å²) < 4.78 is 7.72. The molecule has 3 heterocycles. The van der Waals surface area contributed by atoms with Gasteiger partial charge in [0.05, 0.1) is 31.4 Å². The fourth-order valence-electron chi connectivity index (χ4n) is 3.25. The molecule has 6 heteroatoms. The Bertz CT molecular complexity index is 680. The van der Waals surface area contributed by atoms with E-state index >= 15 is 0 Å². The minimum absolute atomic E-state index is 0.0514. The van der Waals surface area contributed by atoms with Gasteiger partial charge in [-0.3, -0.25) is 9.48 Å². The lowest BCUT2D eigenvalue weighted by molar-refractivity contribution is -0.132. The first-order valence-corrected chi connectivity index (χ1v) is 9.07. The van der Waals surface area contributed by atoms with E-state index < -0.39 is 0 Å². The Kier molecular flexibility index (Phi) is 5.48. The van der Waals surface area contributed by atoms with Crippen LogP contribution in [0.1, 0.15) is 16.9 Å². The number of rotatable bonds is 7. The molecule has 2 atom stereocenters. The van der Waals surface area contributed by atoms with Gasteiger partial charge in [0, 0.05) is 24.7 Å². The number of aryl methyl sites for hydroxylation is 1. The molecule has 128 valence electrons. The molecule has 24 heavy (non-hydrogen) atoms. The standard InChI is InChI=1S/C18H23N3O2S/c1-3-8-23-17-6-7-21(18(22)11-15-5-4-9-24-15)16(17)10-14-12-19-20(2)13-14/h3-5,9,12-13,16-17H,1,6-8,10-11H2,2H3/t16-,17+/m0/s1. The van der Waals surface area contributed by atoms with Crippen molar-refractivity contribution in [3.05, 3.63) is 53.0 Å². The Morgan fingerprint density at radius 2 is 2.46 bits per heavy atom. The molecule has 0 N–H and O–H groups in total. The number of carbonyl (C=O) groups is 1. The van der Waals surface area contributed by atoms with Crippen LogP contribution in [0.3, 0.4) is 0 Å². The molecule has 0 aliphatic carbocycles. The summed E-state index contributed by atoms with van der Waals surface area (Å²) in [6.45, 7) is 4.98. The topological polar surface area (TPSA) is 47.4 Å². The first kappa shape index (κ1) is 16.9. The first-order chi connectivity index (χ1) is 11.7. The lowest BCUT2D eigenvalue weighted by atomic mass is 10.0. The van der Waals surface area contributed by atoms with E-state index in [1.165, 1.54) is 0 Å². The van der Waals surface area contributed by atoms with Crippen molar-refractivity contribution in [3.63, 3.8) is 0 Å². The molecule has 3 rings (SSSR count). The van der Waals surface area contributed by atoms with Crippen LogP contribution in [0.15, 0.2) is 42.6 Å². The number of thiophene rings is 1. The van der Waals surface area contributed by atoms with Crippen molar-refractivity contribution in [3.8, 4) is 0 Å². The van der Waals surface area contributed by atoms with Crippen LogP contribution in [-0.2, 0) is 29.4 Å². The molecule has 1 saturated heterocycles. The third-order valence-corrected chi connectivity index (χ3v) is 5.22. The summed E-state index contributed by atoms with van der Waals surface area (Å²) in [6.07, 6.45) is 7.79. The Labute approximate surface area is 146 Å². The van der Waals surface area contributed by atoms with Gasteiger partial charge in [-0.2, -0.15) is 5.10 Å². The maximum Gasteiger partial charge on any atom is 0.228 e. The summed E-state index contributed by atoms with van der Waals surface area (Å²) in [7, 11) is 1.91. The van der Waals surface area contributed by atoms with Crippen LogP contribution in [0.25, 0.3) is 0 Å². The number of likely N-dealkylation sites (tertiary alicyclic amines) is 1. The minimum Gasteiger partial charge on any atom is -0.372 e. The van der Waals surface area contributed by atoms with E-state index in [2.05, 4.69) is 11.7 Å². The summed E-state index contributed by atoms with van der Waals surface area (Å²) in [5.41, 5.74) is 1.13. The van der Waals surface area contributed by atoms with Crippen molar-refractivity contribution in [2.24, 2.45) is 7.05 Å². The maximum absolute atomic E-state index is 12.8. The van der Waals surface area contributed by atoms with Crippen LogP contribution in [0.2, 0.25) is 0 Å². The van der Waals surface area contributed by atoms with Gasteiger partial charge < -0.3 is 9.64 Å². The number of ether oxygens (including phenoxy) is 1. The predicted octanol–water partition coefficient (Wildman–Crippen LogP) is 2.44. The SMILES string of the molecule is C=CCO[C@@H]1CCN(C(=O)Cc2cccs2)[C@H]1Cc1cnn(C)c1. The number of hydrogen-bond donors (Lipinski definition) is 0. The zero-order valence-corrected chi connectivity index (χ0v) is 14.7. The zero-order valence-electron chi connectivity index (χ0n) is 13.9. The molecular formula is C18H23N3O2S. The van der Waals surface area contributed by atoms with Gasteiger partial charge in [-0.1, -0.05) is 12.1 Å². The van der Waals surface area contributed by atoms with E-state index in [1.54, 1.807) is 22.1 Å². The Hall–Kier alpha value is -1.92. The number of nitrogens with zero attached hydrogens (tertiary/aromatic N) is 3. The lowest BCUT2D eigenvalue weighted by Gasteiger charge is -2.28. The molecule has 5 nitrogen and oxygen atoms in total. The van der Waals surface area contributed by atoms with Crippen LogP contribution in [0.4, 0.5) is 0 Å². The number of aromatic nitrogens is 2. The number of carbonyl (C=O) groups excluding carboxylic acids is 1. The normalized spacial score (nSPS) is 20.5. The summed E-state index contributed by atoms with van der Waals surface area (Å²) in [5.74, 6) is 0.177. The predicted molar refractivity (Wildman–Crippen MR) is 95.0 cm³/mol. The van der Waals surface area contributed by atoms with Gasteiger partial charge in [0.1, 0.15) is 0 Å².